The number of carbonyl (C=O) groups is 6. The fourth-order valence-corrected chi connectivity index (χ4v) is 15.8. The molecule has 1 aliphatic heterocycles. The summed E-state index contributed by atoms with van der Waals surface area (Å²) in [5.74, 6) is -1.97. The predicted molar refractivity (Wildman–Crippen MR) is 309 cm³/mol. The number of ketones is 2. The molecule has 434 valence electrons. The van der Waals surface area contributed by atoms with Crippen LogP contribution in [0.15, 0.2) is 121 Å². The van der Waals surface area contributed by atoms with Gasteiger partial charge in [0.25, 0.3) is 0 Å². The van der Waals surface area contributed by atoms with Crippen LogP contribution >= 0.6 is 0 Å². The summed E-state index contributed by atoms with van der Waals surface area (Å²) in [7, 11) is -1.89. The lowest BCUT2D eigenvalue weighted by Gasteiger charge is -2.61. The molecule has 9 rings (SSSR count). The quantitative estimate of drug-likeness (QED) is 0.0495. The lowest BCUT2D eigenvalue weighted by molar-refractivity contribution is -0.300. The van der Waals surface area contributed by atoms with Crippen LogP contribution in [-0.4, -0.2) is 93.8 Å². The molecule has 4 aliphatic carbocycles. The van der Waals surface area contributed by atoms with Gasteiger partial charge in [-0.25, -0.2) is 19.2 Å². The molecular formula is C67H84O13Si. The number of carbonyl (C=O) groups excluding carboxylic acids is 6. The zero-order chi connectivity index (χ0) is 57.9. The number of fused-ring (bicyclic) bond motifs is 5. The van der Waals surface area contributed by atoms with E-state index < -0.39 is 75.4 Å². The van der Waals surface area contributed by atoms with Gasteiger partial charge in [0.15, 0.2) is 32.9 Å². The zero-order valence-corrected chi connectivity index (χ0v) is 49.8. The largest absolute Gasteiger partial charge is 0.459 e. The first kappa shape index (κ1) is 59.8. The number of ether oxygens (including phenoxy) is 6. The van der Waals surface area contributed by atoms with E-state index in [0.717, 1.165) is 32.1 Å². The van der Waals surface area contributed by atoms with Gasteiger partial charge in [-0.15, -0.1) is 0 Å². The second kappa shape index (κ2) is 25.0. The maximum Gasteiger partial charge on any atom is 0.338 e. The van der Waals surface area contributed by atoms with Gasteiger partial charge in [-0.1, -0.05) is 121 Å². The third-order valence-electron chi connectivity index (χ3n) is 20.0. The second-order valence-corrected chi connectivity index (χ2v) is 30.8. The van der Waals surface area contributed by atoms with Crippen LogP contribution in [0.2, 0.25) is 18.1 Å². The highest BCUT2D eigenvalue weighted by Crippen LogP contribution is 2.68. The molecule has 1 saturated heterocycles. The van der Waals surface area contributed by atoms with Crippen molar-refractivity contribution in [3.63, 3.8) is 0 Å². The average molecular weight is 1130 g/mol. The molecule has 1 heterocycles. The van der Waals surface area contributed by atoms with Gasteiger partial charge in [0, 0.05) is 30.8 Å². The number of rotatable bonds is 19. The minimum atomic E-state index is -1.89. The van der Waals surface area contributed by atoms with Gasteiger partial charge in [0.1, 0.15) is 24.3 Å². The molecule has 4 aromatic carbocycles. The number of hydrogen-bond acceptors (Lipinski definition) is 13. The lowest BCUT2D eigenvalue weighted by atomic mass is 9.44. The minimum Gasteiger partial charge on any atom is -0.459 e. The van der Waals surface area contributed by atoms with Crippen LogP contribution in [0.3, 0.4) is 0 Å². The van der Waals surface area contributed by atoms with Gasteiger partial charge in [-0.05, 0) is 158 Å². The minimum absolute atomic E-state index is 0.00972. The van der Waals surface area contributed by atoms with E-state index in [0.29, 0.717) is 36.7 Å². The number of hydrogen-bond donors (Lipinski definition) is 0. The van der Waals surface area contributed by atoms with E-state index in [-0.39, 0.29) is 80.5 Å². The summed E-state index contributed by atoms with van der Waals surface area (Å²) in [4.78, 5) is 84.5. The van der Waals surface area contributed by atoms with Crippen LogP contribution in [0, 0.1) is 52.3 Å². The maximum atomic E-state index is 14.5. The van der Waals surface area contributed by atoms with Gasteiger partial charge >= 0.3 is 23.9 Å². The molecule has 15 atom stereocenters. The molecule has 14 heteroatoms. The molecule has 0 aromatic heterocycles. The molecule has 13 nitrogen and oxygen atoms in total. The Hall–Kier alpha value is -5.80. The van der Waals surface area contributed by atoms with Crippen molar-refractivity contribution in [1.29, 1.82) is 0 Å². The van der Waals surface area contributed by atoms with Gasteiger partial charge < -0.3 is 32.8 Å². The first-order chi connectivity index (χ1) is 38.6. The highest BCUT2D eigenvalue weighted by molar-refractivity contribution is 6.74. The molecule has 4 aromatic rings. The Morgan fingerprint density at radius 3 is 1.69 bits per heavy atom. The Balaban J connectivity index is 0.906. The van der Waals surface area contributed by atoms with Crippen molar-refractivity contribution < 1.29 is 61.6 Å². The molecule has 0 N–H and O–H groups in total. The van der Waals surface area contributed by atoms with E-state index in [4.69, 9.17) is 32.8 Å². The van der Waals surface area contributed by atoms with E-state index in [9.17, 15) is 28.8 Å². The van der Waals surface area contributed by atoms with Crippen LogP contribution in [0.5, 0.6) is 0 Å². The molecule has 0 amide bonds. The normalized spacial score (nSPS) is 30.8. The van der Waals surface area contributed by atoms with Gasteiger partial charge in [0.2, 0.25) is 0 Å². The summed E-state index contributed by atoms with van der Waals surface area (Å²) in [6.07, 6.45) is 1.79. The van der Waals surface area contributed by atoms with Crippen LogP contribution in [0.25, 0.3) is 0 Å². The summed E-state index contributed by atoms with van der Waals surface area (Å²) >= 11 is 0. The number of esters is 4. The van der Waals surface area contributed by atoms with Crippen molar-refractivity contribution >= 4 is 43.8 Å². The summed E-state index contributed by atoms with van der Waals surface area (Å²) < 4.78 is 44.6. The fourth-order valence-electron chi connectivity index (χ4n) is 14.4. The van der Waals surface area contributed by atoms with Crippen molar-refractivity contribution in [1.82, 2.24) is 0 Å². The van der Waals surface area contributed by atoms with Crippen molar-refractivity contribution in [2.75, 3.05) is 13.2 Å². The average Bonchev–Trinajstić information content (AvgIpc) is 3.23. The van der Waals surface area contributed by atoms with E-state index in [1.807, 2.05) is 13.8 Å². The molecule has 4 saturated carbocycles. The monoisotopic (exact) mass is 1120 g/mol. The van der Waals surface area contributed by atoms with Crippen molar-refractivity contribution in [2.45, 2.75) is 168 Å². The Bertz CT molecular complexity index is 2840. The highest BCUT2D eigenvalue weighted by Gasteiger charge is 2.64. The lowest BCUT2D eigenvalue weighted by Crippen LogP contribution is -2.63. The molecule has 5 fully saturated rings. The SMILES string of the molecule is C[C@@H](CCC(=O)[C@@H](C)[C@H]1C(=O)C[C@H]2[C@@H]3CC[C@@H]4C[C@@H](O[Si](C)(C)C(C)(C)C)CC[C@]4(C)[C@H]3CC[C@]12C)CO[C@@H]1O[C@H](COC(=O)c2ccccc2)[C@@H](OC(=O)c2ccccc2)[C@H](OC(=O)c2ccccc2)[C@H]1OC(=O)c1ccccc1. The highest BCUT2D eigenvalue weighted by atomic mass is 28.4. The second-order valence-electron chi connectivity index (χ2n) is 26.1. The fraction of sp³-hybridized carbons (Fsp3) is 0.552. The Kier molecular flexibility index (Phi) is 18.4. The Labute approximate surface area is 480 Å². The Morgan fingerprint density at radius 2 is 1.15 bits per heavy atom. The van der Waals surface area contributed by atoms with Crippen molar-refractivity contribution in [3.05, 3.63) is 144 Å². The molecule has 5 aliphatic rings. The van der Waals surface area contributed by atoms with Gasteiger partial charge in [0.05, 0.1) is 28.9 Å². The van der Waals surface area contributed by atoms with Crippen LogP contribution < -0.4 is 0 Å². The van der Waals surface area contributed by atoms with Gasteiger partial charge in [-0.3, -0.25) is 9.59 Å². The summed E-state index contributed by atoms with van der Waals surface area (Å²) in [6.45, 7) is 19.9. The Morgan fingerprint density at radius 1 is 0.642 bits per heavy atom. The molecule has 0 radical (unpaired) electrons. The first-order valence-electron chi connectivity index (χ1n) is 29.6. The third kappa shape index (κ3) is 13.0. The van der Waals surface area contributed by atoms with E-state index in [2.05, 4.69) is 47.7 Å². The van der Waals surface area contributed by atoms with Crippen molar-refractivity contribution in [3.8, 4) is 0 Å². The smallest absolute Gasteiger partial charge is 0.338 e. The van der Waals surface area contributed by atoms with E-state index >= 15 is 0 Å². The molecule has 0 unspecified atom stereocenters. The zero-order valence-electron chi connectivity index (χ0n) is 48.8. The van der Waals surface area contributed by atoms with E-state index in [1.54, 1.807) is 121 Å². The van der Waals surface area contributed by atoms with E-state index in [1.165, 1.54) is 12.8 Å². The van der Waals surface area contributed by atoms with Crippen LogP contribution in [-0.2, 0) is 42.4 Å². The summed E-state index contributed by atoms with van der Waals surface area (Å²) in [5.41, 5.74) is 0.762. The molecule has 81 heavy (non-hydrogen) atoms. The predicted octanol–water partition coefficient (Wildman–Crippen LogP) is 13.1. The number of benzene rings is 4. The van der Waals surface area contributed by atoms with Crippen LogP contribution in [0.1, 0.15) is 154 Å². The first-order valence-corrected chi connectivity index (χ1v) is 32.5. The van der Waals surface area contributed by atoms with Crippen LogP contribution in [0.4, 0.5) is 0 Å². The topological polar surface area (TPSA) is 167 Å². The molecule has 0 bridgehead atoms. The number of Topliss-reactive ketones (excluding diaryl/α,β-unsaturated/α-hetero) is 2. The summed E-state index contributed by atoms with van der Waals surface area (Å²) in [6, 6.07) is 33.0. The maximum absolute atomic E-state index is 14.5. The van der Waals surface area contributed by atoms with Crippen molar-refractivity contribution in [2.24, 2.45) is 52.3 Å². The molecule has 0 spiro atoms. The standard InChI is InChI=1S/C67H84O13Si/c1-42(30-33-53(68)43(2)56-54(69)39-52-50-32-31-48-38-49(80-81(8,9)65(3,4)5)34-36-66(48,6)51(50)35-37-67(52,56)7)40-75-64-59(79-63(73)47-28-20-13-21-29-47)58(78-62(72)46-26-18-12-19-27-46)57(77-61(71)45-24-16-11-17-25-45)55(76-64)41-74-60(70)44-22-14-10-15-23-44/h10-29,42-43,48-52,55-59,64H,30-41H2,1-9H3/t42-,43+,48+,49-,50+,51-,52-,55+,56-,57+,58-,59+,64+,66-,67-/m0/s1. The van der Waals surface area contributed by atoms with Gasteiger partial charge in [-0.2, -0.15) is 0 Å². The summed E-state index contributed by atoms with van der Waals surface area (Å²) in [5, 5.41) is 0.172. The molecular weight excluding hydrogens is 1040 g/mol. The third-order valence-corrected chi connectivity index (χ3v) is 24.5.